The Kier molecular flexibility index (Phi) is 9.76. The quantitative estimate of drug-likeness (QED) is 0.672. The van der Waals surface area contributed by atoms with E-state index in [1.165, 1.54) is 24.3 Å². The first-order valence-electron chi connectivity index (χ1n) is 7.84. The maximum atomic E-state index is 10.3. The molecule has 0 fully saturated rings. The number of carboxylic acids is 3. The summed E-state index contributed by atoms with van der Waals surface area (Å²) < 4.78 is 0.949. The Bertz CT molecular complexity index is 844. The summed E-state index contributed by atoms with van der Waals surface area (Å²) in [5, 5.41) is 28.6. The number of hydrogen-bond donors (Lipinski definition) is 1. The van der Waals surface area contributed by atoms with Crippen LogP contribution in [-0.4, -0.2) is 23.0 Å². The van der Waals surface area contributed by atoms with E-state index in [1.807, 2.05) is 0 Å². The third-order valence-electron chi connectivity index (χ3n) is 3.12. The van der Waals surface area contributed by atoms with Crippen LogP contribution in [-0.2, 0) is 16.3 Å². The van der Waals surface area contributed by atoms with E-state index in [2.05, 4.69) is 16.3 Å². The molecule has 3 aromatic rings. The summed E-state index contributed by atoms with van der Waals surface area (Å²) in [7, 11) is 0. The fourth-order valence-electron chi connectivity index (χ4n) is 1.75. The van der Waals surface area contributed by atoms with Gasteiger partial charge >= 0.3 is 66.4 Å². The van der Waals surface area contributed by atoms with Crippen molar-refractivity contribution in [3.63, 3.8) is 0 Å². The molecule has 3 rings (SSSR count). The molecule has 0 atom stereocenters. The van der Waals surface area contributed by atoms with Crippen molar-refractivity contribution < 1.29 is 46.0 Å². The number of carbonyl (C=O) groups excluding carboxylic acids is 2. The number of rotatable bonds is 3. The van der Waals surface area contributed by atoms with Gasteiger partial charge in [-0.05, 0) is 11.1 Å². The summed E-state index contributed by atoms with van der Waals surface area (Å²) in [6, 6.07) is 22.7. The molecular weight excluding hydrogens is 400 g/mol. The molecule has 141 valence electrons. The van der Waals surface area contributed by atoms with Gasteiger partial charge in [-0.15, -0.1) is 0 Å². The smallest absolute Gasteiger partial charge is 0.0715 e. The Labute approximate surface area is 170 Å². The zero-order valence-corrected chi connectivity index (χ0v) is 15.8. The van der Waals surface area contributed by atoms with Crippen LogP contribution in [0.25, 0.3) is 0 Å². The average Bonchev–Trinajstić information content (AvgIpc) is 2.70. The van der Waals surface area contributed by atoms with Gasteiger partial charge < -0.3 is 19.8 Å². The van der Waals surface area contributed by atoms with Gasteiger partial charge in [0.15, 0.2) is 0 Å². The van der Waals surface area contributed by atoms with E-state index in [-0.39, 0.29) is 11.1 Å². The Morgan fingerprint density at radius 3 is 1.21 bits per heavy atom. The fraction of sp³-hybridized carbons (Fsp3) is 0. The van der Waals surface area contributed by atoms with Crippen LogP contribution in [0.3, 0.4) is 0 Å². The van der Waals surface area contributed by atoms with Gasteiger partial charge in [-0.1, -0.05) is 60.7 Å². The van der Waals surface area contributed by atoms with E-state index < -0.39 is 17.9 Å². The molecule has 0 heterocycles. The third kappa shape index (κ3) is 8.81. The minimum absolute atomic E-state index is 0.220. The Morgan fingerprint density at radius 2 is 0.964 bits per heavy atom. The second-order valence-electron chi connectivity index (χ2n) is 5.14. The molecule has 0 aliphatic rings. The van der Waals surface area contributed by atoms with Gasteiger partial charge in [0.1, 0.15) is 0 Å². The first-order chi connectivity index (χ1) is 13.3. The molecule has 0 unspecified atom stereocenters. The van der Waals surface area contributed by atoms with Crippen molar-refractivity contribution in [3.8, 4) is 0 Å². The molecule has 0 aromatic heterocycles. The van der Waals surface area contributed by atoms with Crippen molar-refractivity contribution in [1.29, 1.82) is 0 Å². The molecule has 0 saturated heterocycles. The minimum Gasteiger partial charge on any atom is -0.545 e. The van der Waals surface area contributed by atoms with Crippen LogP contribution in [0.1, 0.15) is 31.1 Å². The number of benzene rings is 3. The van der Waals surface area contributed by atoms with Crippen molar-refractivity contribution in [2.45, 2.75) is 0 Å². The topological polar surface area (TPSA) is 118 Å². The van der Waals surface area contributed by atoms with Gasteiger partial charge in [-0.25, -0.2) is 0 Å². The summed E-state index contributed by atoms with van der Waals surface area (Å²) in [5.41, 5.74) is 0.758. The SMILES string of the molecule is O=C(O)c1cc[c]([Cr+2])cc1.O=C([O-])c1ccccc1.O=C([O-])c1ccccc1. The molecule has 1 N–H and O–H groups in total. The van der Waals surface area contributed by atoms with Crippen molar-refractivity contribution in [2.75, 3.05) is 0 Å². The van der Waals surface area contributed by atoms with Crippen LogP contribution in [0.4, 0.5) is 0 Å². The molecule has 0 amide bonds. The third-order valence-corrected chi connectivity index (χ3v) is 3.55. The molecule has 7 heteroatoms. The second-order valence-corrected chi connectivity index (χ2v) is 5.87. The molecule has 0 radical (unpaired) electrons. The molecule has 0 spiro atoms. The normalized spacial score (nSPS) is 8.96. The number of hydrogen-bond acceptors (Lipinski definition) is 5. The summed E-state index contributed by atoms with van der Waals surface area (Å²) in [6.07, 6.45) is 0. The van der Waals surface area contributed by atoms with Crippen LogP contribution >= 0.6 is 0 Å². The van der Waals surface area contributed by atoms with E-state index in [0.29, 0.717) is 5.56 Å². The molecule has 0 aliphatic carbocycles. The summed E-state index contributed by atoms with van der Waals surface area (Å²) in [4.78, 5) is 30.5. The number of aromatic carboxylic acids is 3. The van der Waals surface area contributed by atoms with E-state index >= 15 is 0 Å². The van der Waals surface area contributed by atoms with Crippen LogP contribution in [0.15, 0.2) is 84.9 Å². The van der Waals surface area contributed by atoms with E-state index in [4.69, 9.17) is 5.11 Å². The van der Waals surface area contributed by atoms with Gasteiger partial charge in [-0.3, -0.25) is 0 Å². The van der Waals surface area contributed by atoms with Crippen molar-refractivity contribution in [1.82, 2.24) is 0 Å². The zero-order valence-electron chi connectivity index (χ0n) is 14.5. The summed E-state index contributed by atoms with van der Waals surface area (Å²) in [6.45, 7) is 0. The molecule has 3 aromatic carbocycles. The molecule has 6 nitrogen and oxygen atoms in total. The fourth-order valence-corrected chi connectivity index (χ4v) is 1.96. The molecule has 0 aliphatic heterocycles. The maximum Gasteiger partial charge on any atom is 0.0715 e. The van der Waals surface area contributed by atoms with Crippen LogP contribution in [0.5, 0.6) is 0 Å². The Morgan fingerprint density at radius 1 is 0.607 bits per heavy atom. The van der Waals surface area contributed by atoms with Crippen molar-refractivity contribution in [3.05, 3.63) is 102 Å². The van der Waals surface area contributed by atoms with Crippen molar-refractivity contribution in [2.24, 2.45) is 0 Å². The van der Waals surface area contributed by atoms with Gasteiger partial charge in [0.2, 0.25) is 0 Å². The summed E-state index contributed by atoms with van der Waals surface area (Å²) in [5.74, 6) is -3.15. The minimum atomic E-state index is -1.13. The maximum absolute atomic E-state index is 10.3. The van der Waals surface area contributed by atoms with Crippen molar-refractivity contribution >= 4 is 22.3 Å². The average molecular weight is 415 g/mol. The van der Waals surface area contributed by atoms with Gasteiger partial charge in [0, 0.05) is 0 Å². The monoisotopic (exact) mass is 415 g/mol. The molecular formula is C21H15CrO6. The van der Waals surface area contributed by atoms with Gasteiger partial charge in [0.25, 0.3) is 0 Å². The Hall–Kier alpha value is -3.40. The van der Waals surface area contributed by atoms with Crippen LogP contribution in [0.2, 0.25) is 0 Å². The second kappa shape index (κ2) is 12.1. The van der Waals surface area contributed by atoms with Crippen LogP contribution < -0.4 is 14.6 Å². The first-order valence-corrected chi connectivity index (χ1v) is 8.48. The Balaban J connectivity index is 0.000000210. The number of carbonyl (C=O) groups is 3. The molecule has 0 saturated carbocycles. The van der Waals surface area contributed by atoms with Gasteiger partial charge in [-0.2, -0.15) is 0 Å². The van der Waals surface area contributed by atoms with E-state index in [0.717, 1.165) is 4.43 Å². The predicted molar refractivity (Wildman–Crippen MR) is 94.6 cm³/mol. The van der Waals surface area contributed by atoms with E-state index in [9.17, 15) is 24.6 Å². The molecule has 28 heavy (non-hydrogen) atoms. The zero-order chi connectivity index (χ0) is 20.9. The largest absolute Gasteiger partial charge is 0.545 e. The van der Waals surface area contributed by atoms with Crippen LogP contribution in [0, 0.1) is 0 Å². The predicted octanol–water partition coefficient (Wildman–Crippen LogP) is 0.657. The number of carboxylic acid groups (broad SMARTS) is 3. The first kappa shape index (κ1) is 22.6. The van der Waals surface area contributed by atoms with Gasteiger partial charge in [0.05, 0.1) is 11.9 Å². The van der Waals surface area contributed by atoms with E-state index in [1.54, 1.807) is 60.7 Å². The molecule has 0 bridgehead atoms. The summed E-state index contributed by atoms with van der Waals surface area (Å²) >= 11 is 2.78. The standard InChI is InChI=1S/2C7H6O2.C7H5O2.Cr/c3*8-7(9)6-4-2-1-3-5-6;/h2*1-5H,(H,8,9);2-5H,(H,8,9);/q;;;+2/p-2.